The number of aromatic nitrogens is 5. The predicted octanol–water partition coefficient (Wildman–Crippen LogP) is 2.15. The first-order valence-corrected chi connectivity index (χ1v) is 7.46. The summed E-state index contributed by atoms with van der Waals surface area (Å²) in [5.41, 5.74) is 0.150. The number of nitrogens with one attached hydrogen (secondary N) is 2. The average Bonchev–Trinajstić information content (AvgIpc) is 3.10. The molecule has 0 unspecified atom stereocenters. The minimum Gasteiger partial charge on any atom is -0.358 e. The molecule has 0 aliphatic carbocycles. The van der Waals surface area contributed by atoms with E-state index in [1.807, 2.05) is 0 Å². The van der Waals surface area contributed by atoms with Gasteiger partial charge in [0.25, 0.3) is 0 Å². The lowest BCUT2D eigenvalue weighted by atomic mass is 10.2. The summed E-state index contributed by atoms with van der Waals surface area (Å²) >= 11 is 12.3. The fourth-order valence-electron chi connectivity index (χ4n) is 2.20. The molecule has 0 saturated carbocycles. The van der Waals surface area contributed by atoms with Gasteiger partial charge in [-0.3, -0.25) is 4.98 Å². The summed E-state index contributed by atoms with van der Waals surface area (Å²) in [6, 6.07) is 5.07. The molecule has 9 nitrogen and oxygen atoms in total. The molecule has 1 aromatic carbocycles. The summed E-state index contributed by atoms with van der Waals surface area (Å²) < 4.78 is 1.55. The number of imidazole rings is 1. The van der Waals surface area contributed by atoms with Crippen LogP contribution in [-0.4, -0.2) is 29.7 Å². The molecule has 0 atom stereocenters. The third-order valence-corrected chi connectivity index (χ3v) is 4.01. The molecular weight excluding hydrogens is 359 g/mol. The number of halogens is 2. The highest BCUT2D eigenvalue weighted by Gasteiger charge is 2.21. The van der Waals surface area contributed by atoms with Crippen LogP contribution in [0.3, 0.4) is 0 Å². The average molecular weight is 369 g/mol. The minimum absolute atomic E-state index is 0.106. The number of hydrogen-bond acceptors (Lipinski definition) is 5. The van der Waals surface area contributed by atoms with E-state index in [2.05, 4.69) is 20.2 Å². The third kappa shape index (κ3) is 3.31. The molecule has 24 heavy (non-hydrogen) atoms. The van der Waals surface area contributed by atoms with Gasteiger partial charge in [-0.25, -0.2) is 9.89 Å². The Hall–Kier alpha value is -2.65. The van der Waals surface area contributed by atoms with Crippen LogP contribution in [0.25, 0.3) is 0 Å². The molecule has 2 N–H and O–H groups in total. The van der Waals surface area contributed by atoms with E-state index in [9.17, 15) is 14.9 Å². The largest absolute Gasteiger partial charge is 0.381 e. The summed E-state index contributed by atoms with van der Waals surface area (Å²) in [5, 5.41) is 17.9. The molecule has 0 bridgehead atoms. The second kappa shape index (κ2) is 6.46. The maximum Gasteiger partial charge on any atom is 0.381 e. The number of aromatic amines is 2. The lowest BCUT2D eigenvalue weighted by molar-refractivity contribution is -0.389. The molecule has 0 fully saturated rings. The van der Waals surface area contributed by atoms with E-state index in [0.717, 1.165) is 0 Å². The number of nitrogens with zero attached hydrogens (tertiary/aromatic N) is 4. The van der Waals surface area contributed by atoms with E-state index in [4.69, 9.17) is 23.2 Å². The molecule has 2 heterocycles. The van der Waals surface area contributed by atoms with Gasteiger partial charge >= 0.3 is 11.5 Å². The summed E-state index contributed by atoms with van der Waals surface area (Å²) in [6.45, 7) is 0.198. The fourth-order valence-corrected chi connectivity index (χ4v) is 2.71. The van der Waals surface area contributed by atoms with Crippen LogP contribution in [0.1, 0.15) is 17.2 Å². The molecule has 0 saturated heterocycles. The molecule has 0 amide bonds. The highest BCUT2D eigenvalue weighted by molar-refractivity contribution is 6.35. The maximum atomic E-state index is 11.1. The number of benzene rings is 1. The lowest BCUT2D eigenvalue weighted by Crippen LogP contribution is -2.07. The Balaban J connectivity index is 1.99. The van der Waals surface area contributed by atoms with Crippen molar-refractivity contribution in [3.63, 3.8) is 0 Å². The van der Waals surface area contributed by atoms with Crippen LogP contribution in [0.5, 0.6) is 0 Å². The topological polar surface area (TPSA) is 122 Å². The molecule has 124 valence electrons. The first-order chi connectivity index (χ1) is 11.4. The van der Waals surface area contributed by atoms with Crippen molar-refractivity contribution in [2.75, 3.05) is 0 Å². The summed E-state index contributed by atoms with van der Waals surface area (Å²) in [5.74, 6) is 0.346. The molecule has 0 radical (unpaired) electrons. The SMILES string of the molecule is O=c1[nH]nc(Cc2nc([N+](=O)[O-])cn2Cc2c(Cl)cccc2Cl)[nH]1. The van der Waals surface area contributed by atoms with Crippen LogP contribution in [0.2, 0.25) is 10.0 Å². The first kappa shape index (κ1) is 16.2. The Morgan fingerprint density at radius 2 is 2.00 bits per heavy atom. The van der Waals surface area contributed by atoms with Crippen molar-refractivity contribution in [2.45, 2.75) is 13.0 Å². The Morgan fingerprint density at radius 1 is 1.29 bits per heavy atom. The van der Waals surface area contributed by atoms with Crippen LogP contribution in [0.15, 0.2) is 29.2 Å². The van der Waals surface area contributed by atoms with Gasteiger partial charge < -0.3 is 14.7 Å². The van der Waals surface area contributed by atoms with E-state index in [0.29, 0.717) is 27.3 Å². The zero-order valence-electron chi connectivity index (χ0n) is 12.0. The fraction of sp³-hybridized carbons (Fsp3) is 0.154. The Bertz CT molecular complexity index is 941. The van der Waals surface area contributed by atoms with Crippen molar-refractivity contribution in [3.05, 3.63) is 72.3 Å². The highest BCUT2D eigenvalue weighted by atomic mass is 35.5. The van der Waals surface area contributed by atoms with Crippen molar-refractivity contribution in [3.8, 4) is 0 Å². The Kier molecular flexibility index (Phi) is 4.36. The van der Waals surface area contributed by atoms with E-state index in [1.165, 1.54) is 6.20 Å². The molecule has 3 aromatic rings. The smallest absolute Gasteiger partial charge is 0.358 e. The Morgan fingerprint density at radius 3 is 2.58 bits per heavy atom. The summed E-state index contributed by atoms with van der Waals surface area (Å²) in [7, 11) is 0. The van der Waals surface area contributed by atoms with Gasteiger partial charge in [-0.1, -0.05) is 29.3 Å². The van der Waals surface area contributed by atoms with Gasteiger partial charge in [-0.15, -0.1) is 0 Å². The molecule has 3 rings (SSSR count). The summed E-state index contributed by atoms with van der Waals surface area (Å²) in [6.07, 6.45) is 1.40. The van der Waals surface area contributed by atoms with Crippen LogP contribution in [-0.2, 0) is 13.0 Å². The monoisotopic (exact) mass is 368 g/mol. The zero-order chi connectivity index (χ0) is 17.3. The lowest BCUT2D eigenvalue weighted by Gasteiger charge is -2.08. The maximum absolute atomic E-state index is 11.1. The highest BCUT2D eigenvalue weighted by Crippen LogP contribution is 2.26. The van der Waals surface area contributed by atoms with Crippen LogP contribution < -0.4 is 5.69 Å². The van der Waals surface area contributed by atoms with Crippen molar-refractivity contribution in [1.82, 2.24) is 24.7 Å². The van der Waals surface area contributed by atoms with Crippen LogP contribution in [0.4, 0.5) is 5.82 Å². The number of nitro groups is 1. The van der Waals surface area contributed by atoms with E-state index >= 15 is 0 Å². The normalized spacial score (nSPS) is 10.9. The van der Waals surface area contributed by atoms with E-state index < -0.39 is 10.6 Å². The van der Waals surface area contributed by atoms with Gasteiger partial charge in [0.15, 0.2) is 0 Å². The van der Waals surface area contributed by atoms with Crippen molar-refractivity contribution >= 4 is 29.0 Å². The van der Waals surface area contributed by atoms with Gasteiger partial charge in [0.2, 0.25) is 5.82 Å². The van der Waals surface area contributed by atoms with Gasteiger partial charge in [-0.2, -0.15) is 5.10 Å². The molecule has 0 aliphatic rings. The quantitative estimate of drug-likeness (QED) is 0.527. The predicted molar refractivity (Wildman–Crippen MR) is 86.5 cm³/mol. The Labute approximate surface area is 144 Å². The zero-order valence-corrected chi connectivity index (χ0v) is 13.5. The third-order valence-electron chi connectivity index (χ3n) is 3.30. The second-order valence-corrected chi connectivity index (χ2v) is 5.72. The molecular formula is C13H10Cl2N6O3. The molecule has 0 spiro atoms. The standard InChI is InChI=1S/C13H10Cl2N6O3/c14-8-2-1-3-9(15)7(8)5-20-6-12(21(23)24)17-11(20)4-10-16-13(22)19-18-10/h1-3,6H,4-5H2,(H2,16,18,19,22). The molecule has 11 heteroatoms. The van der Waals surface area contributed by atoms with Gasteiger partial charge in [0.05, 0.1) is 13.0 Å². The summed E-state index contributed by atoms with van der Waals surface area (Å²) in [4.78, 5) is 28.0. The van der Waals surface area contributed by atoms with E-state index in [1.54, 1.807) is 22.8 Å². The second-order valence-electron chi connectivity index (χ2n) is 4.90. The van der Waals surface area contributed by atoms with Gasteiger partial charge in [-0.05, 0) is 22.0 Å². The molecule has 2 aromatic heterocycles. The van der Waals surface area contributed by atoms with Gasteiger partial charge in [0.1, 0.15) is 12.0 Å². The van der Waals surface area contributed by atoms with E-state index in [-0.39, 0.29) is 18.8 Å². The first-order valence-electron chi connectivity index (χ1n) is 6.71. The van der Waals surface area contributed by atoms with Crippen molar-refractivity contribution < 1.29 is 4.92 Å². The van der Waals surface area contributed by atoms with Crippen molar-refractivity contribution in [1.29, 1.82) is 0 Å². The molecule has 0 aliphatic heterocycles. The van der Waals surface area contributed by atoms with Crippen LogP contribution >= 0.6 is 23.2 Å². The number of hydrogen-bond donors (Lipinski definition) is 2. The van der Waals surface area contributed by atoms with Gasteiger partial charge in [0, 0.05) is 15.6 Å². The minimum atomic E-state index is -0.596. The van der Waals surface area contributed by atoms with Crippen LogP contribution in [0, 0.1) is 10.1 Å². The number of H-pyrrole nitrogens is 2. The number of rotatable bonds is 5. The van der Waals surface area contributed by atoms with Crippen molar-refractivity contribution in [2.24, 2.45) is 0 Å².